The van der Waals surface area contributed by atoms with Crippen LogP contribution in [-0.2, 0) is 4.74 Å². The van der Waals surface area contributed by atoms with E-state index in [4.69, 9.17) is 10.5 Å². The Hall–Kier alpha value is -0.120. The first-order valence-corrected chi connectivity index (χ1v) is 3.83. The van der Waals surface area contributed by atoms with Crippen LogP contribution in [-0.4, -0.2) is 43.8 Å². The third kappa shape index (κ3) is 0.856. The van der Waals surface area contributed by atoms with Crippen molar-refractivity contribution in [1.29, 1.82) is 0 Å². The summed E-state index contributed by atoms with van der Waals surface area (Å²) in [4.78, 5) is 2.30. The van der Waals surface area contributed by atoms with Crippen LogP contribution in [0.25, 0.3) is 0 Å². The zero-order valence-electron chi connectivity index (χ0n) is 6.29. The molecule has 2 rings (SSSR count). The van der Waals surface area contributed by atoms with Crippen LogP contribution in [0.1, 0.15) is 0 Å². The summed E-state index contributed by atoms with van der Waals surface area (Å²) in [7, 11) is 2.13. The van der Waals surface area contributed by atoms with E-state index in [0.717, 1.165) is 19.7 Å². The summed E-state index contributed by atoms with van der Waals surface area (Å²) >= 11 is 0. The number of likely N-dealkylation sites (tertiary alicyclic amines) is 1. The highest BCUT2D eigenvalue weighted by molar-refractivity contribution is 4.93. The highest BCUT2D eigenvalue weighted by Gasteiger charge is 2.39. The molecular formula is C7H14N2O. The van der Waals surface area contributed by atoms with Gasteiger partial charge in [0.05, 0.1) is 12.7 Å². The van der Waals surface area contributed by atoms with Gasteiger partial charge >= 0.3 is 0 Å². The van der Waals surface area contributed by atoms with Crippen molar-refractivity contribution in [1.82, 2.24) is 4.90 Å². The van der Waals surface area contributed by atoms with Crippen LogP contribution in [0.2, 0.25) is 0 Å². The number of ether oxygens (including phenoxy) is 1. The summed E-state index contributed by atoms with van der Waals surface area (Å²) in [5, 5.41) is 0. The molecule has 3 atom stereocenters. The normalized spacial score (nSPS) is 48.0. The van der Waals surface area contributed by atoms with Gasteiger partial charge in [0.1, 0.15) is 0 Å². The van der Waals surface area contributed by atoms with Crippen LogP contribution in [0.15, 0.2) is 0 Å². The van der Waals surface area contributed by atoms with Gasteiger partial charge in [0.25, 0.3) is 0 Å². The molecule has 58 valence electrons. The molecule has 2 aliphatic rings. The van der Waals surface area contributed by atoms with Crippen LogP contribution in [0.4, 0.5) is 0 Å². The van der Waals surface area contributed by atoms with E-state index < -0.39 is 0 Å². The molecule has 0 spiro atoms. The van der Waals surface area contributed by atoms with Gasteiger partial charge in [0, 0.05) is 25.0 Å². The van der Waals surface area contributed by atoms with Gasteiger partial charge < -0.3 is 15.4 Å². The molecular weight excluding hydrogens is 128 g/mol. The van der Waals surface area contributed by atoms with Crippen LogP contribution in [0.5, 0.6) is 0 Å². The van der Waals surface area contributed by atoms with Gasteiger partial charge in [-0.25, -0.2) is 0 Å². The fourth-order valence-corrected chi connectivity index (χ4v) is 1.90. The minimum absolute atomic E-state index is 0.302. The van der Waals surface area contributed by atoms with Crippen molar-refractivity contribution in [3.05, 3.63) is 0 Å². The number of piperidine rings is 1. The second-order valence-electron chi connectivity index (χ2n) is 3.43. The first-order chi connectivity index (χ1) is 4.77. The summed E-state index contributed by atoms with van der Waals surface area (Å²) in [5.41, 5.74) is 5.89. The number of hydrogen-bond donors (Lipinski definition) is 1. The molecule has 0 aliphatic carbocycles. The SMILES string of the molecule is CN1C[C@@H]2CO[C@H](C1)[C@@H]2N. The molecule has 2 aliphatic heterocycles. The van der Waals surface area contributed by atoms with E-state index in [1.165, 1.54) is 0 Å². The lowest BCUT2D eigenvalue weighted by atomic mass is 9.95. The number of nitrogens with zero attached hydrogens (tertiary/aromatic N) is 1. The number of fused-ring (bicyclic) bond motifs is 2. The second kappa shape index (κ2) is 2.19. The summed E-state index contributed by atoms with van der Waals surface area (Å²) in [5.74, 6) is 0.587. The predicted octanol–water partition coefficient (Wildman–Crippen LogP) is -0.726. The molecule has 0 amide bonds. The lowest BCUT2D eigenvalue weighted by Crippen LogP contribution is -2.50. The van der Waals surface area contributed by atoms with Gasteiger partial charge in [-0.05, 0) is 7.05 Å². The molecule has 0 aromatic carbocycles. The minimum atomic E-state index is 0.302. The van der Waals surface area contributed by atoms with E-state index in [1.54, 1.807) is 0 Å². The van der Waals surface area contributed by atoms with Crippen LogP contribution in [0.3, 0.4) is 0 Å². The molecule has 0 aromatic heterocycles. The van der Waals surface area contributed by atoms with Crippen molar-refractivity contribution < 1.29 is 4.74 Å². The molecule has 0 radical (unpaired) electrons. The highest BCUT2D eigenvalue weighted by Crippen LogP contribution is 2.24. The minimum Gasteiger partial charge on any atom is -0.375 e. The topological polar surface area (TPSA) is 38.5 Å². The van der Waals surface area contributed by atoms with Crippen LogP contribution < -0.4 is 5.73 Å². The highest BCUT2D eigenvalue weighted by atomic mass is 16.5. The van der Waals surface area contributed by atoms with E-state index in [0.29, 0.717) is 18.1 Å². The van der Waals surface area contributed by atoms with Gasteiger partial charge in [-0.1, -0.05) is 0 Å². The Balaban J connectivity index is 2.09. The average Bonchev–Trinajstić information content (AvgIpc) is 2.20. The Morgan fingerprint density at radius 2 is 2.30 bits per heavy atom. The van der Waals surface area contributed by atoms with Gasteiger partial charge in [-0.15, -0.1) is 0 Å². The van der Waals surface area contributed by atoms with Crippen molar-refractivity contribution >= 4 is 0 Å². The Labute approximate surface area is 61.1 Å². The van der Waals surface area contributed by atoms with Gasteiger partial charge in [-0.3, -0.25) is 0 Å². The summed E-state index contributed by atoms with van der Waals surface area (Å²) < 4.78 is 5.49. The summed E-state index contributed by atoms with van der Waals surface area (Å²) in [6.45, 7) is 2.99. The molecule has 2 N–H and O–H groups in total. The zero-order chi connectivity index (χ0) is 7.14. The molecule has 2 heterocycles. The fourth-order valence-electron chi connectivity index (χ4n) is 1.90. The molecule has 2 fully saturated rings. The van der Waals surface area contributed by atoms with Crippen molar-refractivity contribution in [2.75, 3.05) is 26.7 Å². The van der Waals surface area contributed by atoms with Crippen LogP contribution in [0, 0.1) is 5.92 Å². The summed E-state index contributed by atoms with van der Waals surface area (Å²) in [6, 6.07) is 0.302. The summed E-state index contributed by atoms with van der Waals surface area (Å²) in [6.07, 6.45) is 0.309. The first kappa shape index (κ1) is 6.58. The largest absolute Gasteiger partial charge is 0.375 e. The molecule has 2 saturated heterocycles. The third-order valence-corrected chi connectivity index (χ3v) is 2.54. The predicted molar refractivity (Wildman–Crippen MR) is 38.7 cm³/mol. The third-order valence-electron chi connectivity index (χ3n) is 2.54. The van der Waals surface area contributed by atoms with E-state index in [1.807, 2.05) is 0 Å². The lowest BCUT2D eigenvalue weighted by Gasteiger charge is -2.31. The molecule has 2 bridgehead atoms. The Bertz CT molecular complexity index is 126. The fraction of sp³-hybridized carbons (Fsp3) is 1.00. The molecule has 3 heteroatoms. The van der Waals surface area contributed by atoms with Crippen molar-refractivity contribution in [3.8, 4) is 0 Å². The Morgan fingerprint density at radius 3 is 3.00 bits per heavy atom. The van der Waals surface area contributed by atoms with Crippen LogP contribution >= 0.6 is 0 Å². The molecule has 0 unspecified atom stereocenters. The van der Waals surface area contributed by atoms with Gasteiger partial charge in [0.15, 0.2) is 0 Å². The number of nitrogens with two attached hydrogens (primary N) is 1. The molecule has 0 saturated carbocycles. The lowest BCUT2D eigenvalue weighted by molar-refractivity contribution is 0.0822. The molecule has 10 heavy (non-hydrogen) atoms. The molecule has 3 nitrogen and oxygen atoms in total. The standard InChI is InChI=1S/C7H14N2O/c1-9-2-5-4-10-6(3-9)7(5)8/h5-7H,2-4,8H2,1H3/t5-,6-,7-/m1/s1. The van der Waals surface area contributed by atoms with Crippen molar-refractivity contribution in [2.45, 2.75) is 12.1 Å². The number of hydrogen-bond acceptors (Lipinski definition) is 3. The maximum Gasteiger partial charge on any atom is 0.0856 e. The van der Waals surface area contributed by atoms with Crippen molar-refractivity contribution in [3.63, 3.8) is 0 Å². The second-order valence-corrected chi connectivity index (χ2v) is 3.43. The average molecular weight is 142 g/mol. The Kier molecular flexibility index (Phi) is 1.44. The maximum absolute atomic E-state index is 5.89. The van der Waals surface area contributed by atoms with Gasteiger partial charge in [0.2, 0.25) is 0 Å². The Morgan fingerprint density at radius 1 is 1.50 bits per heavy atom. The monoisotopic (exact) mass is 142 g/mol. The van der Waals surface area contributed by atoms with E-state index in [2.05, 4.69) is 11.9 Å². The quantitative estimate of drug-likeness (QED) is 0.485. The first-order valence-electron chi connectivity index (χ1n) is 3.83. The van der Waals surface area contributed by atoms with E-state index in [9.17, 15) is 0 Å². The number of likely N-dealkylation sites (N-methyl/N-ethyl adjacent to an activating group) is 1. The maximum atomic E-state index is 5.89. The van der Waals surface area contributed by atoms with E-state index >= 15 is 0 Å². The van der Waals surface area contributed by atoms with Gasteiger partial charge in [-0.2, -0.15) is 0 Å². The molecule has 0 aromatic rings. The van der Waals surface area contributed by atoms with Crippen molar-refractivity contribution in [2.24, 2.45) is 11.7 Å². The number of rotatable bonds is 0. The smallest absolute Gasteiger partial charge is 0.0856 e. The zero-order valence-corrected chi connectivity index (χ0v) is 6.29. The van der Waals surface area contributed by atoms with E-state index in [-0.39, 0.29) is 0 Å².